The Morgan fingerprint density at radius 1 is 1.29 bits per heavy atom. The Hall–Kier alpha value is -2.08. The van der Waals surface area contributed by atoms with Crippen LogP contribution in [-0.2, 0) is 19.1 Å². The fraction of sp³-hybridized carbons (Fsp3) is 0.467. The van der Waals surface area contributed by atoms with Gasteiger partial charge in [-0.1, -0.05) is 18.2 Å². The van der Waals surface area contributed by atoms with E-state index in [0.29, 0.717) is 12.1 Å². The van der Waals surface area contributed by atoms with E-state index in [2.05, 4.69) is 5.32 Å². The van der Waals surface area contributed by atoms with Crippen LogP contribution in [-0.4, -0.2) is 43.9 Å². The minimum Gasteiger partial charge on any atom is -0.508 e. The number of hydrogen-bond acceptors (Lipinski definition) is 6. The molecule has 0 amide bonds. The van der Waals surface area contributed by atoms with E-state index in [4.69, 9.17) is 9.47 Å². The molecule has 1 fully saturated rings. The van der Waals surface area contributed by atoms with Gasteiger partial charge in [0.15, 0.2) is 0 Å². The zero-order chi connectivity index (χ0) is 15.4. The first kappa shape index (κ1) is 15.3. The first-order valence-corrected chi connectivity index (χ1v) is 6.74. The third-order valence-corrected chi connectivity index (χ3v) is 3.92. The van der Waals surface area contributed by atoms with Gasteiger partial charge >= 0.3 is 11.9 Å². The van der Waals surface area contributed by atoms with Gasteiger partial charge < -0.3 is 19.9 Å². The van der Waals surface area contributed by atoms with Crippen molar-refractivity contribution in [3.63, 3.8) is 0 Å². The summed E-state index contributed by atoms with van der Waals surface area (Å²) < 4.78 is 9.48. The molecule has 0 aliphatic carbocycles. The SMILES string of the molecule is COC(=O)C[C@@H]1[C@@H](C(=O)OC)NC[C@H]1c1ccccc1O. The predicted molar refractivity (Wildman–Crippen MR) is 74.8 cm³/mol. The highest BCUT2D eigenvalue weighted by Gasteiger charge is 2.43. The quantitative estimate of drug-likeness (QED) is 0.799. The zero-order valence-electron chi connectivity index (χ0n) is 12.0. The molecule has 1 aromatic carbocycles. The molecule has 0 aromatic heterocycles. The average Bonchev–Trinajstić information content (AvgIpc) is 2.90. The van der Waals surface area contributed by atoms with E-state index < -0.39 is 18.0 Å². The molecule has 114 valence electrons. The van der Waals surface area contributed by atoms with Crippen LogP contribution >= 0.6 is 0 Å². The summed E-state index contributed by atoms with van der Waals surface area (Å²) in [4.78, 5) is 23.5. The van der Waals surface area contributed by atoms with E-state index in [1.165, 1.54) is 14.2 Å². The smallest absolute Gasteiger partial charge is 0.323 e. The van der Waals surface area contributed by atoms with Crippen LogP contribution in [0.4, 0.5) is 0 Å². The number of phenols is 1. The number of nitrogens with one attached hydrogen (secondary N) is 1. The maximum absolute atomic E-state index is 11.9. The van der Waals surface area contributed by atoms with Crippen LogP contribution in [0.3, 0.4) is 0 Å². The van der Waals surface area contributed by atoms with E-state index in [1.807, 2.05) is 6.07 Å². The molecule has 0 saturated carbocycles. The van der Waals surface area contributed by atoms with Crippen molar-refractivity contribution in [2.75, 3.05) is 20.8 Å². The highest BCUT2D eigenvalue weighted by molar-refractivity contribution is 5.79. The van der Waals surface area contributed by atoms with Gasteiger partial charge in [-0.2, -0.15) is 0 Å². The highest BCUT2D eigenvalue weighted by Crippen LogP contribution is 2.38. The van der Waals surface area contributed by atoms with Crippen LogP contribution in [0.1, 0.15) is 17.9 Å². The molecule has 3 atom stereocenters. The predicted octanol–water partition coefficient (Wildman–Crippen LogP) is 0.800. The molecule has 2 rings (SSSR count). The van der Waals surface area contributed by atoms with E-state index in [9.17, 15) is 14.7 Å². The molecule has 1 aliphatic heterocycles. The second kappa shape index (κ2) is 6.58. The highest BCUT2D eigenvalue weighted by atomic mass is 16.5. The average molecular weight is 293 g/mol. The van der Waals surface area contributed by atoms with Crippen LogP contribution in [0, 0.1) is 5.92 Å². The molecule has 0 unspecified atom stereocenters. The normalized spacial score (nSPS) is 24.6. The molecule has 0 bridgehead atoms. The van der Waals surface area contributed by atoms with Gasteiger partial charge in [0.05, 0.1) is 20.6 Å². The number of hydrogen-bond donors (Lipinski definition) is 2. The standard InChI is InChI=1S/C15H19NO5/c1-20-13(18)7-10-11(8-16-14(10)15(19)21-2)9-5-3-4-6-12(9)17/h3-6,10-11,14,16-17H,7-8H2,1-2H3/t10-,11-,14-/m0/s1. The van der Waals surface area contributed by atoms with Crippen molar-refractivity contribution in [1.82, 2.24) is 5.32 Å². The van der Waals surface area contributed by atoms with Crippen LogP contribution in [0.5, 0.6) is 5.75 Å². The maximum atomic E-state index is 11.9. The monoisotopic (exact) mass is 293 g/mol. The van der Waals surface area contributed by atoms with Crippen molar-refractivity contribution in [1.29, 1.82) is 0 Å². The van der Waals surface area contributed by atoms with Crippen molar-refractivity contribution >= 4 is 11.9 Å². The maximum Gasteiger partial charge on any atom is 0.323 e. The van der Waals surface area contributed by atoms with Crippen molar-refractivity contribution in [3.05, 3.63) is 29.8 Å². The summed E-state index contributed by atoms with van der Waals surface area (Å²) in [7, 11) is 2.62. The molecule has 0 radical (unpaired) electrons. The number of rotatable bonds is 4. The van der Waals surface area contributed by atoms with Gasteiger partial charge in [-0.3, -0.25) is 9.59 Å². The van der Waals surface area contributed by atoms with Gasteiger partial charge in [0.2, 0.25) is 0 Å². The third kappa shape index (κ3) is 3.16. The molecule has 21 heavy (non-hydrogen) atoms. The van der Waals surface area contributed by atoms with Gasteiger partial charge in [-0.15, -0.1) is 0 Å². The minimum absolute atomic E-state index is 0.0856. The van der Waals surface area contributed by atoms with Gasteiger partial charge in [0.25, 0.3) is 0 Å². The van der Waals surface area contributed by atoms with Crippen molar-refractivity contribution < 1.29 is 24.2 Å². The fourth-order valence-electron chi connectivity index (χ4n) is 2.85. The number of phenolic OH excluding ortho intramolecular Hbond substituents is 1. The van der Waals surface area contributed by atoms with Crippen molar-refractivity contribution in [2.24, 2.45) is 5.92 Å². The molecular formula is C15H19NO5. The molecule has 2 N–H and O–H groups in total. The fourth-order valence-corrected chi connectivity index (χ4v) is 2.85. The van der Waals surface area contributed by atoms with E-state index in [-0.39, 0.29) is 24.0 Å². The van der Waals surface area contributed by atoms with Crippen LogP contribution < -0.4 is 5.32 Å². The lowest BCUT2D eigenvalue weighted by atomic mass is 9.82. The number of methoxy groups -OCH3 is 2. The third-order valence-electron chi connectivity index (χ3n) is 3.92. The lowest BCUT2D eigenvalue weighted by molar-refractivity contribution is -0.145. The largest absolute Gasteiger partial charge is 0.508 e. The zero-order valence-corrected chi connectivity index (χ0v) is 12.0. The van der Waals surface area contributed by atoms with Crippen LogP contribution in [0.2, 0.25) is 0 Å². The number of carbonyl (C=O) groups is 2. The van der Waals surface area contributed by atoms with Crippen molar-refractivity contribution in [2.45, 2.75) is 18.4 Å². The van der Waals surface area contributed by atoms with E-state index >= 15 is 0 Å². The Labute approximate surface area is 123 Å². The van der Waals surface area contributed by atoms with Crippen molar-refractivity contribution in [3.8, 4) is 5.75 Å². The molecule has 0 spiro atoms. The molecule has 1 aliphatic rings. The second-order valence-electron chi connectivity index (χ2n) is 5.02. The Morgan fingerprint density at radius 3 is 2.62 bits per heavy atom. The van der Waals surface area contributed by atoms with E-state index in [1.54, 1.807) is 18.2 Å². The molecule has 1 heterocycles. The molecule has 6 heteroatoms. The number of para-hydroxylation sites is 1. The number of ether oxygens (including phenoxy) is 2. The Kier molecular flexibility index (Phi) is 4.80. The number of esters is 2. The second-order valence-corrected chi connectivity index (χ2v) is 5.02. The molecule has 1 aromatic rings. The molecule has 1 saturated heterocycles. The molecule has 6 nitrogen and oxygen atoms in total. The van der Waals surface area contributed by atoms with Crippen LogP contribution in [0.25, 0.3) is 0 Å². The molecular weight excluding hydrogens is 274 g/mol. The summed E-state index contributed by atoms with van der Waals surface area (Å²) in [5.41, 5.74) is 0.713. The van der Waals surface area contributed by atoms with Gasteiger partial charge in [-0.05, 0) is 11.6 Å². The Balaban J connectivity index is 2.29. The van der Waals surface area contributed by atoms with Gasteiger partial charge in [-0.25, -0.2) is 0 Å². The number of benzene rings is 1. The summed E-state index contributed by atoms with van der Waals surface area (Å²) in [5.74, 6) is -1.13. The number of carbonyl (C=O) groups excluding carboxylic acids is 2. The lowest BCUT2D eigenvalue weighted by Gasteiger charge is -2.22. The summed E-state index contributed by atoms with van der Waals surface area (Å²) in [6.07, 6.45) is 0.0856. The first-order chi connectivity index (χ1) is 10.1. The first-order valence-electron chi connectivity index (χ1n) is 6.74. The lowest BCUT2D eigenvalue weighted by Crippen LogP contribution is -2.37. The summed E-state index contributed by atoms with van der Waals surface area (Å²) in [6.45, 7) is 0.485. The summed E-state index contributed by atoms with van der Waals surface area (Å²) in [5, 5.41) is 13.1. The van der Waals surface area contributed by atoms with Crippen LogP contribution in [0.15, 0.2) is 24.3 Å². The topological polar surface area (TPSA) is 84.9 Å². The van der Waals surface area contributed by atoms with E-state index in [0.717, 1.165) is 0 Å². The summed E-state index contributed by atoms with van der Waals surface area (Å²) >= 11 is 0. The Morgan fingerprint density at radius 2 is 2.00 bits per heavy atom. The van der Waals surface area contributed by atoms with Gasteiger partial charge in [0.1, 0.15) is 11.8 Å². The van der Waals surface area contributed by atoms with Gasteiger partial charge in [0, 0.05) is 18.4 Å². The minimum atomic E-state index is -0.585. The summed E-state index contributed by atoms with van der Waals surface area (Å²) in [6, 6.07) is 6.35. The number of aromatic hydroxyl groups is 1. The Bertz CT molecular complexity index is 531.